The summed E-state index contributed by atoms with van der Waals surface area (Å²) in [5.41, 5.74) is 0. The number of Topliss-reactive ketones (excluding diaryl/α,β-unsaturated/α-hetero) is 1. The van der Waals surface area contributed by atoms with Crippen LogP contribution in [0.3, 0.4) is 0 Å². The molecular weight excluding hydrogens is 208 g/mol. The Kier molecular flexibility index (Phi) is 8.98. The standard InChI is InChI=1S/C5H8O4.C3H4O3/c6-4(7)2-1-3-5(8)9;1-2(4)3(5)6/h1-3H2,(H,6,7)(H,8,9);1H3,(H,5,6). The van der Waals surface area contributed by atoms with Crippen molar-refractivity contribution in [2.45, 2.75) is 26.2 Å². The summed E-state index contributed by atoms with van der Waals surface area (Å²) in [5.74, 6) is -4.10. The Labute approximate surface area is 85.3 Å². The first-order valence-corrected chi connectivity index (χ1v) is 3.94. The minimum Gasteiger partial charge on any atom is -0.481 e. The SMILES string of the molecule is CC(=O)C(=O)O.O=C(O)CCCC(=O)O. The lowest BCUT2D eigenvalue weighted by Gasteiger charge is -1.89. The third-order valence-corrected chi connectivity index (χ3v) is 1.08. The van der Waals surface area contributed by atoms with Crippen LogP contribution in [0, 0.1) is 0 Å². The molecule has 0 aromatic rings. The van der Waals surface area contributed by atoms with Crippen LogP contribution in [-0.2, 0) is 19.2 Å². The lowest BCUT2D eigenvalue weighted by Crippen LogP contribution is -2.05. The molecule has 7 heteroatoms. The van der Waals surface area contributed by atoms with Gasteiger partial charge in [0.15, 0.2) is 0 Å². The van der Waals surface area contributed by atoms with Crippen LogP contribution in [0.25, 0.3) is 0 Å². The predicted molar refractivity (Wildman–Crippen MR) is 47.4 cm³/mol. The summed E-state index contributed by atoms with van der Waals surface area (Å²) in [6.07, 6.45) is 0.0866. The molecule has 0 aromatic heterocycles. The first-order valence-electron chi connectivity index (χ1n) is 3.94. The normalized spacial score (nSPS) is 8.33. The lowest BCUT2D eigenvalue weighted by atomic mass is 10.2. The Morgan fingerprint density at radius 1 is 0.867 bits per heavy atom. The smallest absolute Gasteiger partial charge is 0.371 e. The Hall–Kier alpha value is -1.92. The molecule has 0 aromatic carbocycles. The van der Waals surface area contributed by atoms with Crippen LogP contribution >= 0.6 is 0 Å². The van der Waals surface area contributed by atoms with E-state index < -0.39 is 23.7 Å². The van der Waals surface area contributed by atoms with Crippen molar-refractivity contribution in [3.63, 3.8) is 0 Å². The van der Waals surface area contributed by atoms with Crippen molar-refractivity contribution in [3.8, 4) is 0 Å². The summed E-state index contributed by atoms with van der Waals surface area (Å²) < 4.78 is 0. The molecule has 0 amide bonds. The van der Waals surface area contributed by atoms with E-state index in [1.165, 1.54) is 0 Å². The summed E-state index contributed by atoms with van der Waals surface area (Å²) in [7, 11) is 0. The first-order chi connectivity index (χ1) is 6.77. The fraction of sp³-hybridized carbons (Fsp3) is 0.500. The lowest BCUT2D eigenvalue weighted by molar-refractivity contribution is -0.148. The molecule has 0 rings (SSSR count). The number of hydrogen-bond acceptors (Lipinski definition) is 4. The van der Waals surface area contributed by atoms with Gasteiger partial charge in [-0.15, -0.1) is 0 Å². The molecule has 0 heterocycles. The molecule has 15 heavy (non-hydrogen) atoms. The van der Waals surface area contributed by atoms with Crippen LogP contribution in [0.5, 0.6) is 0 Å². The van der Waals surface area contributed by atoms with Gasteiger partial charge in [0.25, 0.3) is 0 Å². The second-order valence-electron chi connectivity index (χ2n) is 2.50. The monoisotopic (exact) mass is 220 g/mol. The Morgan fingerprint density at radius 2 is 1.13 bits per heavy atom. The topological polar surface area (TPSA) is 129 Å². The van der Waals surface area contributed by atoms with E-state index in [-0.39, 0.29) is 19.3 Å². The minimum absolute atomic E-state index is 0.0632. The van der Waals surface area contributed by atoms with E-state index in [4.69, 9.17) is 15.3 Å². The fourth-order valence-electron chi connectivity index (χ4n) is 0.391. The number of carbonyl (C=O) groups is 4. The van der Waals surface area contributed by atoms with Gasteiger partial charge < -0.3 is 15.3 Å². The van der Waals surface area contributed by atoms with Crippen LogP contribution < -0.4 is 0 Å². The van der Waals surface area contributed by atoms with Gasteiger partial charge in [0.1, 0.15) is 0 Å². The molecule has 0 atom stereocenters. The number of carbonyl (C=O) groups excluding carboxylic acids is 1. The number of carboxylic acid groups (broad SMARTS) is 3. The molecule has 3 N–H and O–H groups in total. The number of ketones is 1. The van der Waals surface area contributed by atoms with E-state index in [0.717, 1.165) is 6.92 Å². The fourth-order valence-corrected chi connectivity index (χ4v) is 0.391. The number of hydrogen-bond donors (Lipinski definition) is 3. The maximum atomic E-state index is 9.79. The largest absolute Gasteiger partial charge is 0.481 e. The van der Waals surface area contributed by atoms with E-state index in [9.17, 15) is 19.2 Å². The van der Waals surface area contributed by atoms with Gasteiger partial charge in [-0.3, -0.25) is 14.4 Å². The van der Waals surface area contributed by atoms with Crippen molar-refractivity contribution in [2.75, 3.05) is 0 Å². The highest BCUT2D eigenvalue weighted by molar-refractivity contribution is 6.31. The highest BCUT2D eigenvalue weighted by atomic mass is 16.4. The maximum Gasteiger partial charge on any atom is 0.371 e. The Balaban J connectivity index is 0. The van der Waals surface area contributed by atoms with Crippen molar-refractivity contribution >= 4 is 23.7 Å². The minimum atomic E-state index is -1.38. The van der Waals surface area contributed by atoms with Crippen molar-refractivity contribution in [1.82, 2.24) is 0 Å². The number of rotatable bonds is 5. The van der Waals surface area contributed by atoms with E-state index in [2.05, 4.69) is 0 Å². The molecule has 0 radical (unpaired) electrons. The highest BCUT2D eigenvalue weighted by Crippen LogP contribution is 1.93. The average Bonchev–Trinajstić information content (AvgIpc) is 2.03. The van der Waals surface area contributed by atoms with Gasteiger partial charge in [0, 0.05) is 19.8 Å². The Bertz CT molecular complexity index is 230. The molecule has 86 valence electrons. The summed E-state index contributed by atoms with van der Waals surface area (Å²) >= 11 is 0. The predicted octanol–water partition coefficient (Wildman–Crippen LogP) is -0.0141. The molecule has 0 aliphatic carbocycles. The van der Waals surface area contributed by atoms with Gasteiger partial charge in [0.2, 0.25) is 5.78 Å². The molecule has 7 nitrogen and oxygen atoms in total. The van der Waals surface area contributed by atoms with Crippen LogP contribution in [0.15, 0.2) is 0 Å². The molecular formula is C8H12O7. The molecule has 0 aliphatic rings. The molecule has 0 fully saturated rings. The molecule has 0 unspecified atom stereocenters. The highest BCUT2D eigenvalue weighted by Gasteiger charge is 1.99. The third-order valence-electron chi connectivity index (χ3n) is 1.08. The van der Waals surface area contributed by atoms with Crippen molar-refractivity contribution in [3.05, 3.63) is 0 Å². The molecule has 0 spiro atoms. The third kappa shape index (κ3) is 18.8. The second kappa shape index (κ2) is 8.67. The zero-order valence-corrected chi connectivity index (χ0v) is 8.10. The zero-order valence-electron chi connectivity index (χ0n) is 8.10. The van der Waals surface area contributed by atoms with E-state index in [0.29, 0.717) is 0 Å². The van der Waals surface area contributed by atoms with Gasteiger partial charge in [0.05, 0.1) is 0 Å². The van der Waals surface area contributed by atoms with Gasteiger partial charge in [-0.25, -0.2) is 4.79 Å². The Morgan fingerprint density at radius 3 is 1.27 bits per heavy atom. The molecule has 0 bridgehead atoms. The van der Waals surface area contributed by atoms with Gasteiger partial charge in [-0.2, -0.15) is 0 Å². The van der Waals surface area contributed by atoms with Crippen molar-refractivity contribution < 1.29 is 34.5 Å². The molecule has 0 saturated carbocycles. The van der Waals surface area contributed by atoms with Gasteiger partial charge in [-0.1, -0.05) is 0 Å². The van der Waals surface area contributed by atoms with Gasteiger partial charge in [-0.05, 0) is 6.42 Å². The maximum absolute atomic E-state index is 9.79. The van der Waals surface area contributed by atoms with Crippen molar-refractivity contribution in [2.24, 2.45) is 0 Å². The summed E-state index contributed by atoms with van der Waals surface area (Å²) in [6, 6.07) is 0. The number of carboxylic acids is 3. The quantitative estimate of drug-likeness (QED) is 0.555. The summed E-state index contributed by atoms with van der Waals surface area (Å²) in [4.78, 5) is 38.5. The van der Waals surface area contributed by atoms with Crippen LogP contribution in [0.1, 0.15) is 26.2 Å². The number of aliphatic carboxylic acids is 3. The summed E-state index contributed by atoms with van der Waals surface area (Å²) in [5, 5.41) is 23.7. The average molecular weight is 220 g/mol. The molecule has 0 aliphatic heterocycles. The first kappa shape index (κ1) is 15.5. The van der Waals surface area contributed by atoms with Crippen LogP contribution in [0.2, 0.25) is 0 Å². The van der Waals surface area contributed by atoms with E-state index in [1.54, 1.807) is 0 Å². The van der Waals surface area contributed by atoms with E-state index in [1.807, 2.05) is 0 Å². The molecule has 0 saturated heterocycles. The zero-order chi connectivity index (χ0) is 12.4. The summed E-state index contributed by atoms with van der Waals surface area (Å²) in [6.45, 7) is 1.00. The van der Waals surface area contributed by atoms with E-state index >= 15 is 0 Å². The van der Waals surface area contributed by atoms with Crippen LogP contribution in [-0.4, -0.2) is 39.0 Å². The van der Waals surface area contributed by atoms with Crippen LogP contribution in [0.4, 0.5) is 0 Å². The van der Waals surface area contributed by atoms with Crippen molar-refractivity contribution in [1.29, 1.82) is 0 Å². The second-order valence-corrected chi connectivity index (χ2v) is 2.50. The van der Waals surface area contributed by atoms with Gasteiger partial charge >= 0.3 is 17.9 Å².